The molecule has 3 unspecified atom stereocenters. The van der Waals surface area contributed by atoms with E-state index in [0.29, 0.717) is 38.6 Å². The molecule has 6 heteroatoms. The Bertz CT molecular complexity index is 362. The Morgan fingerprint density at radius 1 is 1.50 bits per heavy atom. The molecule has 2 aliphatic rings. The minimum atomic E-state index is -0.224. The van der Waals surface area contributed by atoms with Gasteiger partial charge in [0.25, 0.3) is 0 Å². The fourth-order valence-corrected chi connectivity index (χ4v) is 3.17. The number of hydrogen-bond acceptors (Lipinski definition) is 4. The molecule has 2 amide bonds. The largest absolute Gasteiger partial charge is 0.383 e. The number of likely N-dealkylation sites (tertiary alicyclic amines) is 1. The number of hydrogen-bond donors (Lipinski definition) is 2. The summed E-state index contributed by atoms with van der Waals surface area (Å²) in [6.45, 7) is 2.20. The summed E-state index contributed by atoms with van der Waals surface area (Å²) in [6.07, 6.45) is 3.53. The molecule has 1 heterocycles. The molecule has 0 bridgehead atoms. The van der Waals surface area contributed by atoms with E-state index in [0.717, 1.165) is 19.3 Å². The molecule has 3 atom stereocenters. The molecule has 1 aliphatic carbocycles. The van der Waals surface area contributed by atoms with E-state index in [4.69, 9.17) is 10.5 Å². The Kier molecular flexibility index (Phi) is 5.37. The number of methoxy groups -OCH3 is 1. The van der Waals surface area contributed by atoms with E-state index in [1.807, 2.05) is 0 Å². The first kappa shape index (κ1) is 15.3. The molecule has 1 saturated carbocycles. The molecule has 20 heavy (non-hydrogen) atoms. The molecule has 0 radical (unpaired) electrons. The Hall–Kier alpha value is -1.14. The van der Waals surface area contributed by atoms with Crippen molar-refractivity contribution in [1.82, 2.24) is 10.2 Å². The third-order valence-electron chi connectivity index (χ3n) is 4.44. The van der Waals surface area contributed by atoms with E-state index in [9.17, 15) is 9.59 Å². The second-order valence-corrected chi connectivity index (χ2v) is 5.78. The van der Waals surface area contributed by atoms with Crippen molar-refractivity contribution in [2.45, 2.75) is 31.7 Å². The molecule has 6 nitrogen and oxygen atoms in total. The lowest BCUT2D eigenvalue weighted by Gasteiger charge is -2.21. The normalized spacial score (nSPS) is 30.0. The van der Waals surface area contributed by atoms with Gasteiger partial charge in [0.1, 0.15) is 0 Å². The van der Waals surface area contributed by atoms with Crippen LogP contribution in [-0.2, 0) is 14.3 Å². The number of nitrogens with two attached hydrogens (primary N) is 1. The fraction of sp³-hybridized carbons (Fsp3) is 0.857. The first-order valence-corrected chi connectivity index (χ1v) is 7.42. The molecule has 0 aromatic carbocycles. The first-order chi connectivity index (χ1) is 9.65. The maximum absolute atomic E-state index is 12.3. The van der Waals surface area contributed by atoms with Crippen LogP contribution in [0.5, 0.6) is 0 Å². The van der Waals surface area contributed by atoms with Crippen LogP contribution < -0.4 is 11.1 Å². The van der Waals surface area contributed by atoms with Crippen LogP contribution in [0, 0.1) is 11.8 Å². The van der Waals surface area contributed by atoms with Crippen molar-refractivity contribution in [3.63, 3.8) is 0 Å². The lowest BCUT2D eigenvalue weighted by Crippen LogP contribution is -2.43. The molecule has 1 saturated heterocycles. The highest BCUT2D eigenvalue weighted by Crippen LogP contribution is 2.26. The first-order valence-electron chi connectivity index (χ1n) is 7.42. The van der Waals surface area contributed by atoms with Gasteiger partial charge in [-0.3, -0.25) is 9.59 Å². The number of nitrogens with zero attached hydrogens (tertiary/aromatic N) is 1. The lowest BCUT2D eigenvalue weighted by atomic mass is 10.0. The molecule has 2 rings (SSSR count). The number of nitrogens with one attached hydrogen (secondary N) is 1. The van der Waals surface area contributed by atoms with Gasteiger partial charge in [-0.05, 0) is 25.3 Å². The second-order valence-electron chi connectivity index (χ2n) is 5.78. The number of amides is 2. The Morgan fingerprint density at radius 3 is 3.00 bits per heavy atom. The van der Waals surface area contributed by atoms with Crippen molar-refractivity contribution in [2.24, 2.45) is 17.6 Å². The van der Waals surface area contributed by atoms with Gasteiger partial charge in [-0.15, -0.1) is 0 Å². The van der Waals surface area contributed by atoms with Gasteiger partial charge in [0.15, 0.2) is 0 Å². The maximum Gasteiger partial charge on any atom is 0.225 e. The summed E-state index contributed by atoms with van der Waals surface area (Å²) in [7, 11) is 1.61. The van der Waals surface area contributed by atoms with E-state index in [1.54, 1.807) is 12.0 Å². The highest BCUT2D eigenvalue weighted by Gasteiger charge is 2.36. The minimum absolute atomic E-state index is 0.00335. The van der Waals surface area contributed by atoms with E-state index in [-0.39, 0.29) is 23.8 Å². The van der Waals surface area contributed by atoms with Gasteiger partial charge in [0.2, 0.25) is 11.8 Å². The standard InChI is InChI=1S/C14H25N3O3/c1-20-6-5-17-9-11(7-13(17)18)14(19)16-12-4-2-3-10(12)8-15/h10-12H,2-9,15H2,1H3,(H,16,19). The van der Waals surface area contributed by atoms with Crippen LogP contribution in [0.1, 0.15) is 25.7 Å². The zero-order chi connectivity index (χ0) is 14.5. The SMILES string of the molecule is COCCN1CC(C(=O)NC2CCCC2CN)CC1=O. The van der Waals surface area contributed by atoms with Gasteiger partial charge < -0.3 is 20.7 Å². The third-order valence-corrected chi connectivity index (χ3v) is 4.44. The summed E-state index contributed by atoms with van der Waals surface area (Å²) >= 11 is 0. The predicted molar refractivity (Wildman–Crippen MR) is 74.9 cm³/mol. The second kappa shape index (κ2) is 7.04. The average molecular weight is 283 g/mol. The van der Waals surface area contributed by atoms with Crippen LogP contribution in [0.25, 0.3) is 0 Å². The lowest BCUT2D eigenvalue weighted by molar-refractivity contribution is -0.129. The minimum Gasteiger partial charge on any atom is -0.383 e. The van der Waals surface area contributed by atoms with E-state index in [2.05, 4.69) is 5.32 Å². The van der Waals surface area contributed by atoms with Crippen molar-refractivity contribution in [1.29, 1.82) is 0 Å². The molecule has 1 aliphatic heterocycles. The summed E-state index contributed by atoms with van der Waals surface area (Å²) in [4.78, 5) is 25.8. The summed E-state index contributed by atoms with van der Waals surface area (Å²) in [5, 5.41) is 3.09. The van der Waals surface area contributed by atoms with Gasteiger partial charge in [-0.2, -0.15) is 0 Å². The summed E-state index contributed by atoms with van der Waals surface area (Å²) in [5.74, 6) is 0.214. The van der Waals surface area contributed by atoms with E-state index in [1.165, 1.54) is 0 Å². The van der Waals surface area contributed by atoms with Crippen LogP contribution in [0.4, 0.5) is 0 Å². The highest BCUT2D eigenvalue weighted by molar-refractivity contribution is 5.89. The van der Waals surface area contributed by atoms with Gasteiger partial charge in [-0.1, -0.05) is 6.42 Å². The van der Waals surface area contributed by atoms with E-state index < -0.39 is 0 Å². The topological polar surface area (TPSA) is 84.7 Å². The molecule has 0 aromatic rings. The smallest absolute Gasteiger partial charge is 0.225 e. The number of carbonyl (C=O) groups is 2. The molecule has 2 fully saturated rings. The zero-order valence-corrected chi connectivity index (χ0v) is 12.1. The Balaban J connectivity index is 1.83. The molecule has 114 valence electrons. The molecular formula is C14H25N3O3. The highest BCUT2D eigenvalue weighted by atomic mass is 16.5. The van der Waals surface area contributed by atoms with Gasteiger partial charge in [0.05, 0.1) is 12.5 Å². The number of carbonyl (C=O) groups excluding carboxylic acids is 2. The third kappa shape index (κ3) is 3.49. The molecule has 0 spiro atoms. The number of rotatable bonds is 6. The Morgan fingerprint density at radius 2 is 2.30 bits per heavy atom. The van der Waals surface area contributed by atoms with Crippen LogP contribution in [-0.4, -0.2) is 56.1 Å². The van der Waals surface area contributed by atoms with E-state index >= 15 is 0 Å². The summed E-state index contributed by atoms with van der Waals surface area (Å²) in [6, 6.07) is 0.190. The average Bonchev–Trinajstić information content (AvgIpc) is 3.03. The van der Waals surface area contributed by atoms with Crippen molar-refractivity contribution in [2.75, 3.05) is 33.4 Å². The van der Waals surface area contributed by atoms with Gasteiger partial charge in [-0.25, -0.2) is 0 Å². The fourth-order valence-electron chi connectivity index (χ4n) is 3.17. The van der Waals surface area contributed by atoms with Crippen molar-refractivity contribution >= 4 is 11.8 Å². The predicted octanol–water partition coefficient (Wildman–Crippen LogP) is -0.275. The van der Waals surface area contributed by atoms with Crippen LogP contribution in [0.3, 0.4) is 0 Å². The molecule has 3 N–H and O–H groups in total. The van der Waals surface area contributed by atoms with Crippen molar-refractivity contribution in [3.05, 3.63) is 0 Å². The molecule has 0 aromatic heterocycles. The summed E-state index contributed by atoms with van der Waals surface area (Å²) in [5.41, 5.74) is 5.72. The van der Waals surface area contributed by atoms with Gasteiger partial charge >= 0.3 is 0 Å². The van der Waals surface area contributed by atoms with Crippen molar-refractivity contribution < 1.29 is 14.3 Å². The van der Waals surface area contributed by atoms with Crippen molar-refractivity contribution in [3.8, 4) is 0 Å². The maximum atomic E-state index is 12.3. The number of ether oxygens (including phenoxy) is 1. The quantitative estimate of drug-likeness (QED) is 0.702. The Labute approximate surface area is 120 Å². The monoisotopic (exact) mass is 283 g/mol. The van der Waals surface area contributed by atoms with Crippen LogP contribution >= 0.6 is 0 Å². The van der Waals surface area contributed by atoms with Crippen LogP contribution in [0.15, 0.2) is 0 Å². The molecular weight excluding hydrogens is 258 g/mol. The zero-order valence-electron chi connectivity index (χ0n) is 12.1. The van der Waals surface area contributed by atoms with Gasteiger partial charge in [0, 0.05) is 32.7 Å². The van der Waals surface area contributed by atoms with Crippen LogP contribution in [0.2, 0.25) is 0 Å². The summed E-state index contributed by atoms with van der Waals surface area (Å²) < 4.78 is 4.98.